The van der Waals surface area contributed by atoms with Crippen molar-refractivity contribution in [1.29, 1.82) is 0 Å². The highest BCUT2D eigenvalue weighted by molar-refractivity contribution is 5.97. The van der Waals surface area contributed by atoms with Crippen molar-refractivity contribution >= 4 is 28.5 Å². The normalized spacial score (nSPS) is 19.3. The van der Waals surface area contributed by atoms with Gasteiger partial charge in [-0.05, 0) is 60.9 Å². The summed E-state index contributed by atoms with van der Waals surface area (Å²) < 4.78 is 12.3. The maximum Gasteiger partial charge on any atom is 0.320 e. The summed E-state index contributed by atoms with van der Waals surface area (Å²) in [6, 6.07) is 23.0. The lowest BCUT2D eigenvalue weighted by Crippen LogP contribution is -2.63. The Morgan fingerprint density at radius 2 is 1.58 bits per heavy atom. The van der Waals surface area contributed by atoms with Crippen LogP contribution in [-0.4, -0.2) is 40.9 Å². The van der Waals surface area contributed by atoms with Gasteiger partial charge in [0, 0.05) is 29.2 Å². The number of fused-ring (bicyclic) bond motifs is 1. The lowest BCUT2D eigenvalue weighted by atomic mass is 9.90. The fraction of sp³-hybridized carbons (Fsp3) is 0.405. The molecule has 0 aliphatic carbocycles. The van der Waals surface area contributed by atoms with Gasteiger partial charge in [-0.15, -0.1) is 0 Å². The first-order valence-corrected chi connectivity index (χ1v) is 15.8. The molecular formula is C37H46N4O4. The molecule has 2 heterocycles. The zero-order valence-electron chi connectivity index (χ0n) is 27.4. The summed E-state index contributed by atoms with van der Waals surface area (Å²) >= 11 is 0. The highest BCUT2D eigenvalue weighted by Crippen LogP contribution is 2.35. The van der Waals surface area contributed by atoms with E-state index in [2.05, 4.69) is 48.6 Å². The molecule has 0 saturated carbocycles. The number of carbonyl (C=O) groups excluding carboxylic acids is 2. The number of H-pyrrole nitrogens is 1. The number of anilines is 1. The van der Waals surface area contributed by atoms with Crippen molar-refractivity contribution in [3.8, 4) is 0 Å². The molecule has 4 N–H and O–H groups in total. The molecule has 1 aliphatic rings. The molecule has 4 aromatic rings. The van der Waals surface area contributed by atoms with E-state index in [1.807, 2.05) is 92.8 Å². The second-order valence-corrected chi connectivity index (χ2v) is 13.3. The Labute approximate surface area is 266 Å². The van der Waals surface area contributed by atoms with Crippen LogP contribution in [0.3, 0.4) is 0 Å². The molecule has 0 radical (unpaired) electrons. The van der Waals surface area contributed by atoms with Gasteiger partial charge in [0.05, 0.1) is 12.6 Å². The number of aromatic nitrogens is 1. The number of hydrogen-bond acceptors (Lipinski definition) is 4. The third kappa shape index (κ3) is 7.24. The summed E-state index contributed by atoms with van der Waals surface area (Å²) in [6.45, 7) is 14.2. The Kier molecular flexibility index (Phi) is 9.37. The van der Waals surface area contributed by atoms with E-state index in [0.29, 0.717) is 0 Å². The molecule has 0 spiro atoms. The van der Waals surface area contributed by atoms with Crippen molar-refractivity contribution in [3.05, 3.63) is 101 Å². The van der Waals surface area contributed by atoms with Crippen LogP contribution in [0.1, 0.15) is 88.7 Å². The van der Waals surface area contributed by atoms with Gasteiger partial charge in [-0.1, -0.05) is 94.4 Å². The minimum absolute atomic E-state index is 0.199. The van der Waals surface area contributed by atoms with Crippen LogP contribution in [0.2, 0.25) is 0 Å². The smallest absolute Gasteiger partial charge is 0.320 e. The number of hydrogen-bond donors (Lipinski definition) is 4. The number of aromatic amines is 1. The van der Waals surface area contributed by atoms with E-state index in [0.717, 1.165) is 38.8 Å². The maximum atomic E-state index is 14.4. The van der Waals surface area contributed by atoms with Gasteiger partial charge < -0.3 is 30.4 Å². The molecule has 0 bridgehead atoms. The predicted octanol–water partition coefficient (Wildman–Crippen LogP) is 7.55. The first-order valence-electron chi connectivity index (χ1n) is 15.8. The van der Waals surface area contributed by atoms with E-state index in [1.165, 1.54) is 0 Å². The standard InChI is InChI=1S/C37H46N4O4/c1-23(2)27-17-13-18-28(24(3)4)32(27)40-35(43)41-37(7,20-26-21-38-30-19-12-11-16-29(26)30)34(42)39-31-22-44-36(5,6)45-33(31)25-14-9-8-10-15-25/h8-19,21,23-24,31,33,38H,20,22H2,1-7H3,(H,39,42)(H2,40,41,43). The van der Waals surface area contributed by atoms with Crippen molar-refractivity contribution in [2.75, 3.05) is 11.9 Å². The van der Waals surface area contributed by atoms with E-state index >= 15 is 0 Å². The zero-order valence-corrected chi connectivity index (χ0v) is 27.4. The Balaban J connectivity index is 1.47. The van der Waals surface area contributed by atoms with Crippen LogP contribution in [0, 0.1) is 0 Å². The van der Waals surface area contributed by atoms with Gasteiger partial charge in [0.15, 0.2) is 5.79 Å². The fourth-order valence-corrected chi connectivity index (χ4v) is 6.12. The van der Waals surface area contributed by atoms with Crippen LogP contribution < -0.4 is 16.0 Å². The van der Waals surface area contributed by atoms with Crippen molar-refractivity contribution in [1.82, 2.24) is 15.6 Å². The van der Waals surface area contributed by atoms with Gasteiger partial charge in [0.25, 0.3) is 0 Å². The number of rotatable bonds is 9. The van der Waals surface area contributed by atoms with Crippen LogP contribution >= 0.6 is 0 Å². The average Bonchev–Trinajstić information content (AvgIpc) is 3.40. The summed E-state index contributed by atoms with van der Waals surface area (Å²) in [5.41, 5.74) is 4.38. The number of para-hydroxylation sites is 2. The molecule has 3 aromatic carbocycles. The molecule has 1 aliphatic heterocycles. The van der Waals surface area contributed by atoms with Gasteiger partial charge in [-0.25, -0.2) is 4.79 Å². The van der Waals surface area contributed by atoms with E-state index in [4.69, 9.17) is 9.47 Å². The summed E-state index contributed by atoms with van der Waals surface area (Å²) in [6.07, 6.45) is 1.73. The fourth-order valence-electron chi connectivity index (χ4n) is 6.12. The monoisotopic (exact) mass is 610 g/mol. The number of ether oxygens (including phenoxy) is 2. The molecule has 5 rings (SSSR count). The molecule has 1 fully saturated rings. The Morgan fingerprint density at radius 1 is 0.933 bits per heavy atom. The summed E-state index contributed by atoms with van der Waals surface area (Å²) in [5, 5.41) is 10.4. The maximum absolute atomic E-state index is 14.4. The lowest BCUT2D eigenvalue weighted by molar-refractivity contribution is -0.285. The first-order chi connectivity index (χ1) is 21.4. The van der Waals surface area contributed by atoms with E-state index in [1.54, 1.807) is 6.92 Å². The molecule has 8 heteroatoms. The Morgan fingerprint density at radius 3 is 2.24 bits per heavy atom. The molecule has 8 nitrogen and oxygen atoms in total. The topological polar surface area (TPSA) is 104 Å². The SMILES string of the molecule is CC(C)c1cccc(C(C)C)c1NC(=O)NC(C)(Cc1c[nH]c2ccccc12)C(=O)NC1COC(C)(C)OC1c1ccccc1. The summed E-state index contributed by atoms with van der Waals surface area (Å²) in [5.74, 6) is -0.747. The van der Waals surface area contributed by atoms with E-state index in [-0.39, 0.29) is 30.8 Å². The average molecular weight is 611 g/mol. The predicted molar refractivity (Wildman–Crippen MR) is 179 cm³/mol. The molecule has 3 unspecified atom stereocenters. The first kappa shape index (κ1) is 32.3. The van der Waals surface area contributed by atoms with Crippen molar-refractivity contribution in [2.45, 2.75) is 90.2 Å². The number of carbonyl (C=O) groups is 2. The van der Waals surface area contributed by atoms with Crippen LogP contribution in [0.4, 0.5) is 10.5 Å². The van der Waals surface area contributed by atoms with Gasteiger partial charge >= 0.3 is 6.03 Å². The molecule has 3 atom stereocenters. The molecular weight excluding hydrogens is 564 g/mol. The number of amides is 3. The summed E-state index contributed by atoms with van der Waals surface area (Å²) in [4.78, 5) is 31.6. The van der Waals surface area contributed by atoms with Gasteiger partial charge in [-0.3, -0.25) is 4.79 Å². The van der Waals surface area contributed by atoms with Crippen LogP contribution in [0.25, 0.3) is 10.9 Å². The molecule has 238 valence electrons. The van der Waals surface area contributed by atoms with E-state index < -0.39 is 29.5 Å². The number of benzene rings is 3. The minimum Gasteiger partial charge on any atom is -0.361 e. The van der Waals surface area contributed by atoms with Crippen LogP contribution in [0.5, 0.6) is 0 Å². The van der Waals surface area contributed by atoms with Gasteiger partial charge in [0.2, 0.25) is 5.91 Å². The molecule has 45 heavy (non-hydrogen) atoms. The van der Waals surface area contributed by atoms with Crippen molar-refractivity contribution in [2.24, 2.45) is 0 Å². The highest BCUT2D eigenvalue weighted by Gasteiger charge is 2.42. The van der Waals surface area contributed by atoms with Gasteiger partial charge in [-0.2, -0.15) is 0 Å². The minimum atomic E-state index is -1.33. The lowest BCUT2D eigenvalue weighted by Gasteiger charge is -2.42. The molecule has 3 amide bonds. The zero-order chi connectivity index (χ0) is 32.4. The molecule has 1 saturated heterocycles. The van der Waals surface area contributed by atoms with Crippen LogP contribution in [-0.2, 0) is 20.7 Å². The molecule has 1 aromatic heterocycles. The Bertz CT molecular complexity index is 1620. The van der Waals surface area contributed by atoms with Crippen molar-refractivity contribution < 1.29 is 19.1 Å². The third-order valence-electron chi connectivity index (χ3n) is 8.55. The third-order valence-corrected chi connectivity index (χ3v) is 8.55. The van der Waals surface area contributed by atoms with Crippen LogP contribution in [0.15, 0.2) is 79.0 Å². The second-order valence-electron chi connectivity index (χ2n) is 13.3. The van der Waals surface area contributed by atoms with Gasteiger partial charge in [0.1, 0.15) is 11.6 Å². The highest BCUT2D eigenvalue weighted by atomic mass is 16.7. The number of urea groups is 1. The van der Waals surface area contributed by atoms with E-state index in [9.17, 15) is 9.59 Å². The summed E-state index contributed by atoms with van der Waals surface area (Å²) in [7, 11) is 0. The quantitative estimate of drug-likeness (QED) is 0.157. The number of nitrogens with one attached hydrogen (secondary N) is 4. The second kappa shape index (κ2) is 13.1. The largest absolute Gasteiger partial charge is 0.361 e. The van der Waals surface area contributed by atoms with Crippen molar-refractivity contribution in [3.63, 3.8) is 0 Å². The Hall–Kier alpha value is -4.14.